The third-order valence-corrected chi connectivity index (χ3v) is 2.68. The van der Waals surface area contributed by atoms with E-state index in [-0.39, 0.29) is 12.3 Å². The summed E-state index contributed by atoms with van der Waals surface area (Å²) in [4.78, 5) is 4.33. The van der Waals surface area contributed by atoms with Gasteiger partial charge in [-0.1, -0.05) is 6.92 Å². The topological polar surface area (TPSA) is 74.3 Å². The normalized spacial score (nSPS) is 13.2. The Bertz CT molecular complexity index is 312. The Hall–Kier alpha value is -0.950. The molecule has 6 heteroatoms. The monoisotopic (exact) mass is 242 g/mol. The van der Waals surface area contributed by atoms with E-state index in [2.05, 4.69) is 21.9 Å². The van der Waals surface area contributed by atoms with E-state index in [0.717, 1.165) is 18.8 Å². The van der Waals surface area contributed by atoms with Gasteiger partial charge in [0.15, 0.2) is 6.29 Å². The van der Waals surface area contributed by atoms with Crippen LogP contribution in [0.25, 0.3) is 0 Å². The van der Waals surface area contributed by atoms with Gasteiger partial charge < -0.3 is 14.0 Å². The highest BCUT2D eigenvalue weighted by Crippen LogP contribution is 2.08. The summed E-state index contributed by atoms with van der Waals surface area (Å²) >= 11 is 0. The highest BCUT2D eigenvalue weighted by molar-refractivity contribution is 4.96. The second kappa shape index (κ2) is 7.39. The summed E-state index contributed by atoms with van der Waals surface area (Å²) in [5, 5.41) is 0. The minimum absolute atomic E-state index is 0.122. The summed E-state index contributed by atoms with van der Waals surface area (Å²) in [5.74, 6) is 6.50. The largest absolute Gasteiger partial charge is 0.354 e. The maximum absolute atomic E-state index is 5.52. The molecule has 0 saturated carbocycles. The molecule has 3 N–H and O–H groups in total. The Morgan fingerprint density at radius 3 is 2.71 bits per heavy atom. The first-order chi connectivity index (χ1) is 8.26. The summed E-state index contributed by atoms with van der Waals surface area (Å²) in [7, 11) is 3.19. The van der Waals surface area contributed by atoms with Crippen LogP contribution in [0.5, 0.6) is 0 Å². The molecular formula is C11H22N4O2. The van der Waals surface area contributed by atoms with Crippen molar-refractivity contribution in [3.63, 3.8) is 0 Å². The zero-order chi connectivity index (χ0) is 12.7. The zero-order valence-corrected chi connectivity index (χ0v) is 10.7. The van der Waals surface area contributed by atoms with E-state index in [0.29, 0.717) is 6.42 Å². The Balaban J connectivity index is 2.69. The molecule has 1 aromatic rings. The van der Waals surface area contributed by atoms with Gasteiger partial charge in [-0.15, -0.1) is 0 Å². The average Bonchev–Trinajstić information content (AvgIpc) is 2.77. The maximum Gasteiger partial charge on any atom is 0.173 e. The number of hydrogen-bond donors (Lipinski definition) is 2. The number of hydrazine groups is 1. The van der Waals surface area contributed by atoms with Gasteiger partial charge >= 0.3 is 0 Å². The quantitative estimate of drug-likeness (QED) is 0.389. The number of nitrogens with zero attached hydrogens (tertiary/aromatic N) is 2. The van der Waals surface area contributed by atoms with Gasteiger partial charge in [0.1, 0.15) is 5.82 Å². The number of aryl methyl sites for hydroxylation is 1. The number of methoxy groups -OCH3 is 2. The Morgan fingerprint density at radius 2 is 2.18 bits per heavy atom. The Kier molecular flexibility index (Phi) is 6.13. The van der Waals surface area contributed by atoms with Gasteiger partial charge in [-0.2, -0.15) is 0 Å². The molecule has 1 aromatic heterocycles. The number of imidazole rings is 1. The van der Waals surface area contributed by atoms with Crippen molar-refractivity contribution < 1.29 is 9.47 Å². The van der Waals surface area contributed by atoms with E-state index in [1.165, 1.54) is 0 Å². The van der Waals surface area contributed by atoms with Crippen molar-refractivity contribution in [2.45, 2.75) is 38.6 Å². The molecule has 0 amide bonds. The van der Waals surface area contributed by atoms with Crippen molar-refractivity contribution >= 4 is 0 Å². The van der Waals surface area contributed by atoms with Crippen LogP contribution in [-0.4, -0.2) is 36.1 Å². The lowest BCUT2D eigenvalue weighted by Gasteiger charge is -2.23. The Labute approximate surface area is 102 Å². The molecule has 0 aliphatic heterocycles. The number of nitrogens with two attached hydrogens (primary N) is 1. The van der Waals surface area contributed by atoms with Crippen molar-refractivity contribution in [1.82, 2.24) is 15.0 Å². The van der Waals surface area contributed by atoms with Gasteiger partial charge in [0.2, 0.25) is 0 Å². The molecule has 1 heterocycles. The van der Waals surface area contributed by atoms with Crippen LogP contribution in [0.2, 0.25) is 0 Å². The highest BCUT2D eigenvalue weighted by atomic mass is 16.7. The first-order valence-electron chi connectivity index (χ1n) is 5.78. The summed E-state index contributed by atoms with van der Waals surface area (Å²) in [6.07, 6.45) is 5.12. The molecule has 0 aliphatic carbocycles. The summed E-state index contributed by atoms with van der Waals surface area (Å²) < 4.78 is 12.5. The number of nitrogens with one attached hydrogen (secondary N) is 1. The molecule has 98 valence electrons. The second-order valence-electron chi connectivity index (χ2n) is 3.85. The minimum atomic E-state index is -0.383. The van der Waals surface area contributed by atoms with Gasteiger partial charge in [-0.3, -0.25) is 11.3 Å². The van der Waals surface area contributed by atoms with Crippen LogP contribution >= 0.6 is 0 Å². The third-order valence-electron chi connectivity index (χ3n) is 2.68. The van der Waals surface area contributed by atoms with Crippen molar-refractivity contribution in [2.24, 2.45) is 5.84 Å². The highest BCUT2D eigenvalue weighted by Gasteiger charge is 2.21. The lowest BCUT2D eigenvalue weighted by molar-refractivity contribution is -0.123. The fourth-order valence-corrected chi connectivity index (χ4v) is 1.83. The van der Waals surface area contributed by atoms with Crippen LogP contribution in [-0.2, 0) is 22.4 Å². The van der Waals surface area contributed by atoms with Gasteiger partial charge in [0.05, 0.1) is 6.04 Å². The smallest absolute Gasteiger partial charge is 0.173 e. The molecule has 0 aliphatic rings. The second-order valence-corrected chi connectivity index (χ2v) is 3.85. The van der Waals surface area contributed by atoms with Crippen molar-refractivity contribution in [2.75, 3.05) is 14.2 Å². The predicted molar refractivity (Wildman–Crippen MR) is 65.1 cm³/mol. The van der Waals surface area contributed by atoms with Crippen LogP contribution in [0.1, 0.15) is 19.2 Å². The van der Waals surface area contributed by atoms with Crippen LogP contribution in [0.15, 0.2) is 12.4 Å². The molecule has 0 fully saturated rings. The van der Waals surface area contributed by atoms with Crippen LogP contribution < -0.4 is 11.3 Å². The fourth-order valence-electron chi connectivity index (χ4n) is 1.83. The Morgan fingerprint density at radius 1 is 1.47 bits per heavy atom. The van der Waals surface area contributed by atoms with E-state index in [4.69, 9.17) is 15.3 Å². The standard InChI is InChI=1S/C11H22N4O2/c1-4-6-15-7-5-13-10(15)8-9(14-12)11(16-2)17-3/h5,7,9,11,14H,4,6,8,12H2,1-3H3. The first kappa shape index (κ1) is 14.1. The molecule has 1 rings (SSSR count). The number of ether oxygens (including phenoxy) is 2. The molecule has 0 radical (unpaired) electrons. The van der Waals surface area contributed by atoms with Crippen molar-refractivity contribution in [3.05, 3.63) is 18.2 Å². The number of rotatable bonds is 8. The van der Waals surface area contributed by atoms with E-state index < -0.39 is 0 Å². The fraction of sp³-hybridized carbons (Fsp3) is 0.727. The molecule has 0 aromatic carbocycles. The van der Waals surface area contributed by atoms with Crippen LogP contribution in [0.3, 0.4) is 0 Å². The molecule has 6 nitrogen and oxygen atoms in total. The molecule has 0 spiro atoms. The summed E-state index contributed by atoms with van der Waals surface area (Å²) in [5.41, 5.74) is 2.71. The van der Waals surface area contributed by atoms with E-state index in [1.807, 2.05) is 6.20 Å². The summed E-state index contributed by atoms with van der Waals surface area (Å²) in [6, 6.07) is -0.122. The first-order valence-corrected chi connectivity index (χ1v) is 5.78. The predicted octanol–water partition coefficient (Wildman–Crippen LogP) is 0.286. The lowest BCUT2D eigenvalue weighted by Crippen LogP contribution is -2.47. The van der Waals surface area contributed by atoms with E-state index in [9.17, 15) is 0 Å². The molecular weight excluding hydrogens is 220 g/mol. The van der Waals surface area contributed by atoms with Gasteiger partial charge in [0.25, 0.3) is 0 Å². The minimum Gasteiger partial charge on any atom is -0.354 e. The van der Waals surface area contributed by atoms with Gasteiger partial charge in [-0.05, 0) is 6.42 Å². The van der Waals surface area contributed by atoms with E-state index >= 15 is 0 Å². The molecule has 1 unspecified atom stereocenters. The van der Waals surface area contributed by atoms with Crippen LogP contribution in [0.4, 0.5) is 0 Å². The average molecular weight is 242 g/mol. The van der Waals surface area contributed by atoms with E-state index in [1.54, 1.807) is 20.4 Å². The maximum atomic E-state index is 5.52. The van der Waals surface area contributed by atoms with Gasteiger partial charge in [-0.25, -0.2) is 4.98 Å². The third kappa shape index (κ3) is 3.78. The molecule has 0 bridgehead atoms. The molecule has 1 atom stereocenters. The lowest BCUT2D eigenvalue weighted by atomic mass is 10.2. The van der Waals surface area contributed by atoms with Crippen LogP contribution in [0, 0.1) is 0 Å². The van der Waals surface area contributed by atoms with Gasteiger partial charge in [0, 0.05) is 39.6 Å². The molecule has 17 heavy (non-hydrogen) atoms. The molecule has 0 saturated heterocycles. The number of hydrogen-bond acceptors (Lipinski definition) is 5. The van der Waals surface area contributed by atoms with Crippen molar-refractivity contribution in [3.8, 4) is 0 Å². The SMILES string of the molecule is CCCn1ccnc1CC(NN)C(OC)OC. The zero-order valence-electron chi connectivity index (χ0n) is 10.7. The summed E-state index contributed by atoms with van der Waals surface area (Å²) in [6.45, 7) is 3.09. The number of aromatic nitrogens is 2. The van der Waals surface area contributed by atoms with Crippen molar-refractivity contribution in [1.29, 1.82) is 0 Å².